The summed E-state index contributed by atoms with van der Waals surface area (Å²) in [5.74, 6) is 1.42. The molecule has 0 aliphatic rings. The second-order valence-corrected chi connectivity index (χ2v) is 5.40. The third-order valence-electron chi connectivity index (χ3n) is 2.76. The summed E-state index contributed by atoms with van der Waals surface area (Å²) in [6.45, 7) is 5.81. The van der Waals surface area contributed by atoms with Gasteiger partial charge in [0.2, 0.25) is 0 Å². The average molecular weight is 309 g/mol. The molecule has 0 spiro atoms. The molecule has 0 aliphatic carbocycles. The number of benzene rings is 1. The van der Waals surface area contributed by atoms with Crippen LogP contribution in [0.25, 0.3) is 0 Å². The van der Waals surface area contributed by atoms with Crippen LogP contribution in [0.5, 0.6) is 5.75 Å². The molecular weight excluding hydrogens is 292 g/mol. The fraction of sp³-hybridized carbons (Fsp3) is 0.357. The zero-order valence-corrected chi connectivity index (χ0v) is 12.2. The molecular formula is C14H17BrN2O. The number of hydrogen-bond acceptors (Lipinski definition) is 2. The topological polar surface area (TPSA) is 27.1 Å². The van der Waals surface area contributed by atoms with Crippen LogP contribution in [-0.2, 0) is 6.54 Å². The molecule has 1 aromatic heterocycles. The van der Waals surface area contributed by atoms with Crippen LogP contribution in [0.3, 0.4) is 0 Å². The summed E-state index contributed by atoms with van der Waals surface area (Å²) < 4.78 is 8.96. The van der Waals surface area contributed by atoms with Crippen molar-refractivity contribution >= 4 is 15.9 Å². The lowest BCUT2D eigenvalue weighted by Crippen LogP contribution is -2.08. The molecule has 0 aliphatic heterocycles. The Morgan fingerprint density at radius 2 is 2.22 bits per heavy atom. The largest absolute Gasteiger partial charge is 0.491 e. The van der Waals surface area contributed by atoms with Crippen molar-refractivity contribution in [3.8, 4) is 5.75 Å². The molecule has 0 fully saturated rings. The first-order chi connectivity index (χ1) is 8.66. The van der Waals surface area contributed by atoms with Gasteiger partial charge in [-0.3, -0.25) is 0 Å². The van der Waals surface area contributed by atoms with Crippen LogP contribution in [0, 0.1) is 0 Å². The summed E-state index contributed by atoms with van der Waals surface area (Å²) in [6.07, 6.45) is 5.52. The Balaban J connectivity index is 2.00. The third-order valence-corrected chi connectivity index (χ3v) is 3.25. The standard InChI is InChI=1S/C14H17BrN2O/c1-11(2)13-9-12(15)3-4-14(13)18-8-7-17-6-5-16-10-17/h3-6,9-11H,7-8H2,1-2H3. The van der Waals surface area contributed by atoms with Crippen LogP contribution >= 0.6 is 15.9 Å². The molecule has 0 N–H and O–H groups in total. The molecule has 0 unspecified atom stereocenters. The Morgan fingerprint density at radius 3 is 2.89 bits per heavy atom. The highest BCUT2D eigenvalue weighted by Crippen LogP contribution is 2.29. The van der Waals surface area contributed by atoms with E-state index in [1.165, 1.54) is 5.56 Å². The smallest absolute Gasteiger partial charge is 0.122 e. The first kappa shape index (κ1) is 13.1. The van der Waals surface area contributed by atoms with Crippen LogP contribution in [0.4, 0.5) is 0 Å². The van der Waals surface area contributed by atoms with Gasteiger partial charge in [0, 0.05) is 16.9 Å². The molecule has 2 rings (SSSR count). The first-order valence-corrected chi connectivity index (χ1v) is 6.84. The monoisotopic (exact) mass is 308 g/mol. The quantitative estimate of drug-likeness (QED) is 0.839. The minimum Gasteiger partial charge on any atom is -0.491 e. The number of rotatable bonds is 5. The molecule has 3 nitrogen and oxygen atoms in total. The van der Waals surface area contributed by atoms with Crippen LogP contribution in [0.1, 0.15) is 25.3 Å². The summed E-state index contributed by atoms with van der Waals surface area (Å²) in [6, 6.07) is 6.16. The van der Waals surface area contributed by atoms with E-state index in [2.05, 4.69) is 40.8 Å². The van der Waals surface area contributed by atoms with Gasteiger partial charge < -0.3 is 9.30 Å². The lowest BCUT2D eigenvalue weighted by molar-refractivity contribution is 0.294. The highest BCUT2D eigenvalue weighted by molar-refractivity contribution is 9.10. The highest BCUT2D eigenvalue weighted by Gasteiger charge is 2.08. The van der Waals surface area contributed by atoms with E-state index in [0.717, 1.165) is 16.8 Å². The van der Waals surface area contributed by atoms with E-state index in [-0.39, 0.29) is 0 Å². The van der Waals surface area contributed by atoms with E-state index in [0.29, 0.717) is 12.5 Å². The molecule has 1 heterocycles. The van der Waals surface area contributed by atoms with Gasteiger partial charge in [0.15, 0.2) is 0 Å². The van der Waals surface area contributed by atoms with Crippen molar-refractivity contribution in [2.45, 2.75) is 26.3 Å². The maximum absolute atomic E-state index is 5.86. The molecule has 1 aromatic carbocycles. The van der Waals surface area contributed by atoms with E-state index in [9.17, 15) is 0 Å². The Bertz CT molecular complexity index is 495. The number of nitrogens with zero attached hydrogens (tertiary/aromatic N) is 2. The Morgan fingerprint density at radius 1 is 1.39 bits per heavy atom. The van der Waals surface area contributed by atoms with Crippen LogP contribution < -0.4 is 4.74 Å². The molecule has 96 valence electrons. The maximum atomic E-state index is 5.86. The molecule has 4 heteroatoms. The number of halogens is 1. The predicted octanol–water partition coefficient (Wildman–Crippen LogP) is 3.85. The van der Waals surface area contributed by atoms with Gasteiger partial charge in [0.1, 0.15) is 12.4 Å². The molecule has 0 atom stereocenters. The van der Waals surface area contributed by atoms with Gasteiger partial charge in [-0.15, -0.1) is 0 Å². The summed E-state index contributed by atoms with van der Waals surface area (Å²) in [5.41, 5.74) is 1.23. The molecule has 0 amide bonds. The summed E-state index contributed by atoms with van der Waals surface area (Å²) in [4.78, 5) is 4.01. The molecule has 18 heavy (non-hydrogen) atoms. The normalized spacial score (nSPS) is 10.9. The van der Waals surface area contributed by atoms with E-state index in [1.54, 1.807) is 12.5 Å². The van der Waals surface area contributed by atoms with E-state index < -0.39 is 0 Å². The van der Waals surface area contributed by atoms with Crippen LogP contribution in [0.2, 0.25) is 0 Å². The lowest BCUT2D eigenvalue weighted by atomic mass is 10.0. The van der Waals surface area contributed by atoms with Crippen LogP contribution in [-0.4, -0.2) is 16.2 Å². The Labute approximate surface area is 116 Å². The van der Waals surface area contributed by atoms with Crippen molar-refractivity contribution in [1.82, 2.24) is 9.55 Å². The second-order valence-electron chi connectivity index (χ2n) is 4.49. The number of hydrogen-bond donors (Lipinski definition) is 0. The fourth-order valence-corrected chi connectivity index (χ4v) is 2.16. The van der Waals surface area contributed by atoms with Crippen molar-refractivity contribution < 1.29 is 4.74 Å². The van der Waals surface area contributed by atoms with Crippen molar-refractivity contribution in [3.05, 3.63) is 47.0 Å². The minimum absolute atomic E-state index is 0.450. The third kappa shape index (κ3) is 3.35. The average Bonchev–Trinajstić information content (AvgIpc) is 2.84. The van der Waals surface area contributed by atoms with Crippen molar-refractivity contribution in [2.75, 3.05) is 6.61 Å². The highest BCUT2D eigenvalue weighted by atomic mass is 79.9. The van der Waals surface area contributed by atoms with E-state index in [4.69, 9.17) is 4.74 Å². The summed E-state index contributed by atoms with van der Waals surface area (Å²) in [5, 5.41) is 0. The molecule has 0 saturated carbocycles. The first-order valence-electron chi connectivity index (χ1n) is 6.05. The number of imidazole rings is 1. The lowest BCUT2D eigenvalue weighted by Gasteiger charge is -2.14. The van der Waals surface area contributed by atoms with Gasteiger partial charge in [0.25, 0.3) is 0 Å². The number of ether oxygens (including phenoxy) is 1. The van der Waals surface area contributed by atoms with Crippen molar-refractivity contribution in [3.63, 3.8) is 0 Å². The van der Waals surface area contributed by atoms with Gasteiger partial charge in [-0.1, -0.05) is 29.8 Å². The fourth-order valence-electron chi connectivity index (χ4n) is 1.78. The minimum atomic E-state index is 0.450. The summed E-state index contributed by atoms with van der Waals surface area (Å²) in [7, 11) is 0. The van der Waals surface area contributed by atoms with Gasteiger partial charge in [-0.25, -0.2) is 4.98 Å². The zero-order valence-electron chi connectivity index (χ0n) is 10.6. The van der Waals surface area contributed by atoms with E-state index in [1.807, 2.05) is 22.9 Å². The Hall–Kier alpha value is -1.29. The second kappa shape index (κ2) is 6.05. The molecule has 0 bridgehead atoms. The predicted molar refractivity (Wildman–Crippen MR) is 76.0 cm³/mol. The molecule has 0 saturated heterocycles. The molecule has 2 aromatic rings. The van der Waals surface area contributed by atoms with Gasteiger partial charge in [-0.05, 0) is 29.7 Å². The SMILES string of the molecule is CC(C)c1cc(Br)ccc1OCCn1ccnc1. The van der Waals surface area contributed by atoms with Gasteiger partial charge in [0.05, 0.1) is 12.9 Å². The van der Waals surface area contributed by atoms with Crippen molar-refractivity contribution in [1.29, 1.82) is 0 Å². The maximum Gasteiger partial charge on any atom is 0.122 e. The summed E-state index contributed by atoms with van der Waals surface area (Å²) >= 11 is 3.50. The number of aromatic nitrogens is 2. The van der Waals surface area contributed by atoms with Crippen molar-refractivity contribution in [2.24, 2.45) is 0 Å². The van der Waals surface area contributed by atoms with Gasteiger partial charge in [-0.2, -0.15) is 0 Å². The van der Waals surface area contributed by atoms with E-state index >= 15 is 0 Å². The van der Waals surface area contributed by atoms with Gasteiger partial charge >= 0.3 is 0 Å². The molecule has 0 radical (unpaired) electrons. The Kier molecular flexibility index (Phi) is 4.42. The zero-order chi connectivity index (χ0) is 13.0. The van der Waals surface area contributed by atoms with Crippen LogP contribution in [0.15, 0.2) is 41.4 Å².